The number of carbonyl (C=O) groups excluding carboxylic acids is 1. The second-order valence-corrected chi connectivity index (χ2v) is 8.16. The smallest absolute Gasteiger partial charge is 0.252 e. The second kappa shape index (κ2) is 7.32. The van der Waals surface area contributed by atoms with E-state index in [1.54, 1.807) is 31.5 Å². The molecule has 3 heterocycles. The Bertz CT molecular complexity index is 834. The van der Waals surface area contributed by atoms with E-state index in [-0.39, 0.29) is 17.7 Å². The highest BCUT2D eigenvalue weighted by molar-refractivity contribution is 7.89. The molecule has 0 spiro atoms. The molecule has 1 N–H and O–H groups in total. The number of aromatic nitrogens is 3. The van der Waals surface area contributed by atoms with Gasteiger partial charge < -0.3 is 5.32 Å². The van der Waals surface area contributed by atoms with Gasteiger partial charge in [-0.2, -0.15) is 9.40 Å². The normalized spacial score (nSPS) is 17.9. The van der Waals surface area contributed by atoms with Crippen LogP contribution >= 0.6 is 0 Å². The van der Waals surface area contributed by atoms with E-state index in [2.05, 4.69) is 15.4 Å². The Morgan fingerprint density at radius 2 is 2.20 bits per heavy atom. The summed E-state index contributed by atoms with van der Waals surface area (Å²) >= 11 is 0. The maximum absolute atomic E-state index is 12.2. The van der Waals surface area contributed by atoms with Gasteiger partial charge in [0.05, 0.1) is 29.6 Å². The lowest BCUT2D eigenvalue weighted by atomic mass is 10.1. The minimum absolute atomic E-state index is 0.0750. The van der Waals surface area contributed by atoms with E-state index >= 15 is 0 Å². The zero-order valence-electron chi connectivity index (χ0n) is 14.0. The molecule has 1 atom stereocenters. The minimum atomic E-state index is -3.26. The fourth-order valence-electron chi connectivity index (χ4n) is 2.91. The van der Waals surface area contributed by atoms with Gasteiger partial charge in [-0.3, -0.25) is 14.5 Å². The van der Waals surface area contributed by atoms with Crippen molar-refractivity contribution in [1.82, 2.24) is 24.4 Å². The van der Waals surface area contributed by atoms with Crippen LogP contribution in [0.2, 0.25) is 0 Å². The van der Waals surface area contributed by atoms with Crippen LogP contribution in [0.1, 0.15) is 35.4 Å². The average Bonchev–Trinajstić information content (AvgIpc) is 3.11. The standard InChI is InChI=1S/C16H21N5O3S/c1-2-25(23,24)20-11-14(21-15(12-20)6-9-19-21)5-8-18-16(22)13-4-3-7-17-10-13/h3-4,6-7,9-10,14H,2,5,8,11-12H2,1H3,(H,18,22). The Morgan fingerprint density at radius 3 is 2.92 bits per heavy atom. The van der Waals surface area contributed by atoms with Gasteiger partial charge in [0.25, 0.3) is 5.91 Å². The van der Waals surface area contributed by atoms with Gasteiger partial charge in [-0.05, 0) is 31.5 Å². The summed E-state index contributed by atoms with van der Waals surface area (Å²) in [6, 6.07) is 5.14. The van der Waals surface area contributed by atoms with Gasteiger partial charge in [0, 0.05) is 31.7 Å². The molecule has 3 rings (SSSR count). The number of sulfonamides is 1. The third kappa shape index (κ3) is 3.88. The van der Waals surface area contributed by atoms with E-state index in [0.717, 1.165) is 5.69 Å². The van der Waals surface area contributed by atoms with E-state index in [1.165, 1.54) is 10.5 Å². The zero-order valence-corrected chi connectivity index (χ0v) is 14.8. The van der Waals surface area contributed by atoms with E-state index < -0.39 is 10.0 Å². The van der Waals surface area contributed by atoms with E-state index in [0.29, 0.717) is 31.6 Å². The second-order valence-electron chi connectivity index (χ2n) is 5.90. The molecule has 0 fully saturated rings. The van der Waals surface area contributed by atoms with E-state index in [1.807, 2.05) is 10.7 Å². The Kier molecular flexibility index (Phi) is 5.14. The van der Waals surface area contributed by atoms with Crippen LogP contribution in [-0.4, -0.2) is 52.2 Å². The zero-order chi connectivity index (χ0) is 17.9. The highest BCUT2D eigenvalue weighted by Gasteiger charge is 2.31. The number of pyridine rings is 1. The van der Waals surface area contributed by atoms with Crippen LogP contribution in [0, 0.1) is 0 Å². The minimum Gasteiger partial charge on any atom is -0.352 e. The summed E-state index contributed by atoms with van der Waals surface area (Å²) in [6.07, 6.45) is 5.40. The van der Waals surface area contributed by atoms with Crippen LogP contribution in [-0.2, 0) is 16.6 Å². The van der Waals surface area contributed by atoms with Crippen molar-refractivity contribution < 1.29 is 13.2 Å². The number of hydrogen-bond donors (Lipinski definition) is 1. The van der Waals surface area contributed by atoms with Crippen molar-refractivity contribution in [2.75, 3.05) is 18.8 Å². The molecule has 8 nitrogen and oxygen atoms in total. The summed E-state index contributed by atoms with van der Waals surface area (Å²) in [6.45, 7) is 2.78. The summed E-state index contributed by atoms with van der Waals surface area (Å²) in [5, 5.41) is 7.16. The molecule has 0 radical (unpaired) electrons. The number of fused-ring (bicyclic) bond motifs is 1. The molecule has 25 heavy (non-hydrogen) atoms. The lowest BCUT2D eigenvalue weighted by Crippen LogP contribution is -2.42. The molecule has 0 bridgehead atoms. The number of nitrogens with one attached hydrogen (secondary N) is 1. The Labute approximate surface area is 146 Å². The van der Waals surface area contributed by atoms with Gasteiger partial charge in [0.2, 0.25) is 10.0 Å². The molecule has 0 aliphatic carbocycles. The third-order valence-electron chi connectivity index (χ3n) is 4.30. The molecule has 134 valence electrons. The fraction of sp³-hybridized carbons (Fsp3) is 0.438. The first kappa shape index (κ1) is 17.6. The van der Waals surface area contributed by atoms with Gasteiger partial charge in [0.15, 0.2) is 0 Å². The summed E-state index contributed by atoms with van der Waals surface area (Å²) in [5.41, 5.74) is 1.37. The van der Waals surface area contributed by atoms with Crippen molar-refractivity contribution in [1.29, 1.82) is 0 Å². The van der Waals surface area contributed by atoms with Crippen molar-refractivity contribution in [3.63, 3.8) is 0 Å². The van der Waals surface area contributed by atoms with Gasteiger partial charge >= 0.3 is 0 Å². The highest BCUT2D eigenvalue weighted by atomic mass is 32.2. The van der Waals surface area contributed by atoms with E-state index in [9.17, 15) is 13.2 Å². The van der Waals surface area contributed by atoms with Crippen LogP contribution < -0.4 is 5.32 Å². The number of amides is 1. The van der Waals surface area contributed by atoms with Crippen LogP contribution in [0.15, 0.2) is 36.8 Å². The third-order valence-corrected chi connectivity index (χ3v) is 6.09. The van der Waals surface area contributed by atoms with Crippen molar-refractivity contribution >= 4 is 15.9 Å². The molecule has 9 heteroatoms. The monoisotopic (exact) mass is 363 g/mol. The number of nitrogens with zero attached hydrogens (tertiary/aromatic N) is 4. The predicted octanol–water partition coefficient (Wildman–Crippen LogP) is 0.805. The first-order chi connectivity index (χ1) is 12.0. The lowest BCUT2D eigenvalue weighted by molar-refractivity contribution is 0.0949. The fourth-order valence-corrected chi connectivity index (χ4v) is 4.01. The summed E-state index contributed by atoms with van der Waals surface area (Å²) in [5.74, 6) is -0.117. The first-order valence-corrected chi connectivity index (χ1v) is 9.80. The first-order valence-electron chi connectivity index (χ1n) is 8.19. The van der Waals surface area contributed by atoms with E-state index in [4.69, 9.17) is 0 Å². The Morgan fingerprint density at radius 1 is 1.36 bits per heavy atom. The molecule has 0 saturated carbocycles. The topological polar surface area (TPSA) is 97.2 Å². The summed E-state index contributed by atoms with van der Waals surface area (Å²) in [7, 11) is -3.26. The molecule has 2 aromatic rings. The maximum atomic E-state index is 12.2. The molecule has 1 aliphatic rings. The Balaban J connectivity index is 1.64. The number of hydrogen-bond acceptors (Lipinski definition) is 5. The van der Waals surface area contributed by atoms with Gasteiger partial charge in [-0.15, -0.1) is 0 Å². The molecular formula is C16H21N5O3S. The molecule has 1 aliphatic heterocycles. The highest BCUT2D eigenvalue weighted by Crippen LogP contribution is 2.24. The molecule has 0 saturated heterocycles. The molecule has 1 unspecified atom stereocenters. The average molecular weight is 363 g/mol. The number of rotatable bonds is 6. The molecule has 1 amide bonds. The molecule has 2 aromatic heterocycles. The van der Waals surface area contributed by atoms with Crippen LogP contribution in [0.25, 0.3) is 0 Å². The quantitative estimate of drug-likeness (QED) is 0.819. The summed E-state index contributed by atoms with van der Waals surface area (Å²) < 4.78 is 27.8. The van der Waals surface area contributed by atoms with Crippen molar-refractivity contribution in [3.8, 4) is 0 Å². The largest absolute Gasteiger partial charge is 0.352 e. The predicted molar refractivity (Wildman–Crippen MR) is 92.3 cm³/mol. The SMILES string of the molecule is CCS(=O)(=O)N1Cc2ccnn2C(CCNC(=O)c2cccnc2)C1. The molecular weight excluding hydrogens is 342 g/mol. The van der Waals surface area contributed by atoms with Crippen molar-refractivity contribution in [2.24, 2.45) is 0 Å². The van der Waals surface area contributed by atoms with Crippen LogP contribution in [0.5, 0.6) is 0 Å². The van der Waals surface area contributed by atoms with Crippen molar-refractivity contribution in [2.45, 2.75) is 25.9 Å². The molecule has 0 aromatic carbocycles. The lowest BCUT2D eigenvalue weighted by Gasteiger charge is -2.33. The van der Waals surface area contributed by atoms with Gasteiger partial charge in [-0.25, -0.2) is 8.42 Å². The maximum Gasteiger partial charge on any atom is 0.252 e. The Hall–Kier alpha value is -2.26. The van der Waals surface area contributed by atoms with Crippen LogP contribution in [0.4, 0.5) is 0 Å². The van der Waals surface area contributed by atoms with Gasteiger partial charge in [0.1, 0.15) is 0 Å². The number of carbonyl (C=O) groups is 1. The van der Waals surface area contributed by atoms with Crippen molar-refractivity contribution in [3.05, 3.63) is 48.0 Å². The van der Waals surface area contributed by atoms with Crippen LogP contribution in [0.3, 0.4) is 0 Å². The van der Waals surface area contributed by atoms with Gasteiger partial charge in [-0.1, -0.05) is 0 Å². The summed E-state index contributed by atoms with van der Waals surface area (Å²) in [4.78, 5) is 16.0.